The summed E-state index contributed by atoms with van der Waals surface area (Å²) in [6.07, 6.45) is 4.78. The quantitative estimate of drug-likeness (QED) is 0.284. The second-order valence-electron chi connectivity index (χ2n) is 7.62. The molecule has 0 aromatic heterocycles. The molecule has 4 aromatic carbocycles. The van der Waals surface area contributed by atoms with Crippen molar-refractivity contribution in [2.45, 2.75) is 0 Å². The maximum absolute atomic E-state index is 7.84. The summed E-state index contributed by atoms with van der Waals surface area (Å²) >= 11 is 0. The Labute approximate surface area is 194 Å². The number of fused-ring (bicyclic) bond motifs is 1. The zero-order valence-electron chi connectivity index (χ0n) is 18.6. The molecule has 0 unspecified atom stereocenters. The van der Waals surface area contributed by atoms with Gasteiger partial charge in [-0.3, -0.25) is 4.99 Å². The van der Waals surface area contributed by atoms with E-state index in [2.05, 4.69) is 60.0 Å². The van der Waals surface area contributed by atoms with E-state index in [4.69, 9.17) is 5.41 Å². The van der Waals surface area contributed by atoms with E-state index in [1.807, 2.05) is 66.6 Å². The van der Waals surface area contributed by atoms with E-state index in [-0.39, 0.29) is 0 Å². The summed E-state index contributed by atoms with van der Waals surface area (Å²) in [5.74, 6) is 0. The van der Waals surface area contributed by atoms with E-state index in [1.54, 1.807) is 6.20 Å². The van der Waals surface area contributed by atoms with Crippen LogP contribution in [0.1, 0.15) is 5.56 Å². The molecule has 2 N–H and O–H groups in total. The third kappa shape index (κ3) is 4.46. The Kier molecular flexibility index (Phi) is 6.46. The molecule has 0 bridgehead atoms. The number of para-hydroxylation sites is 1. The summed E-state index contributed by atoms with van der Waals surface area (Å²) in [5.41, 5.74) is 6.84. The van der Waals surface area contributed by atoms with E-state index < -0.39 is 0 Å². The maximum Gasteiger partial charge on any atom is 0.0772 e. The molecule has 4 rings (SSSR count). The fraction of sp³-hybridized carbons (Fsp3) is 0.0345. The molecule has 0 saturated carbocycles. The van der Waals surface area contributed by atoms with Crippen molar-refractivity contribution >= 4 is 46.8 Å². The second kappa shape index (κ2) is 9.79. The number of allylic oxidation sites excluding steroid dienone is 1. The van der Waals surface area contributed by atoms with Crippen molar-refractivity contribution in [3.63, 3.8) is 0 Å². The topological polar surface area (TPSA) is 51.5 Å². The second-order valence-corrected chi connectivity index (χ2v) is 7.62. The fourth-order valence-electron chi connectivity index (χ4n) is 3.97. The summed E-state index contributed by atoms with van der Waals surface area (Å²) in [7, 11) is 1.94. The molecule has 4 aromatic rings. The lowest BCUT2D eigenvalue weighted by atomic mass is 9.94. The highest BCUT2D eigenvalue weighted by Crippen LogP contribution is 2.39. The van der Waals surface area contributed by atoms with Gasteiger partial charge in [-0.25, -0.2) is 0 Å². The highest BCUT2D eigenvalue weighted by Gasteiger charge is 2.16. The Morgan fingerprint density at radius 3 is 2.30 bits per heavy atom. The predicted molar refractivity (Wildman–Crippen MR) is 144 cm³/mol. The van der Waals surface area contributed by atoms with Gasteiger partial charge in [-0.05, 0) is 53.4 Å². The summed E-state index contributed by atoms with van der Waals surface area (Å²) < 4.78 is 0. The number of benzene rings is 4. The van der Waals surface area contributed by atoms with Gasteiger partial charge in [0, 0.05) is 41.5 Å². The van der Waals surface area contributed by atoms with Gasteiger partial charge >= 0.3 is 0 Å². The number of nitrogens with zero attached hydrogens (tertiary/aromatic N) is 2. The molecule has 0 fully saturated rings. The molecule has 0 aliphatic carbocycles. The fourth-order valence-corrected chi connectivity index (χ4v) is 3.97. The van der Waals surface area contributed by atoms with Crippen LogP contribution in [-0.2, 0) is 0 Å². The third-order valence-corrected chi connectivity index (χ3v) is 5.64. The zero-order chi connectivity index (χ0) is 23.2. The third-order valence-electron chi connectivity index (χ3n) is 5.64. The van der Waals surface area contributed by atoms with Gasteiger partial charge in [0.2, 0.25) is 0 Å². The van der Waals surface area contributed by atoms with Gasteiger partial charge in [0.25, 0.3) is 0 Å². The summed E-state index contributed by atoms with van der Waals surface area (Å²) in [5, 5.41) is 13.5. The van der Waals surface area contributed by atoms with Crippen LogP contribution in [0, 0.1) is 5.41 Å². The van der Waals surface area contributed by atoms with Gasteiger partial charge in [0.1, 0.15) is 0 Å². The Morgan fingerprint density at radius 1 is 0.970 bits per heavy atom. The van der Waals surface area contributed by atoms with Crippen LogP contribution in [0.3, 0.4) is 0 Å². The molecular formula is C29H26N4. The van der Waals surface area contributed by atoms with Crippen LogP contribution in [0.4, 0.5) is 17.1 Å². The van der Waals surface area contributed by atoms with E-state index in [1.165, 1.54) is 6.21 Å². The van der Waals surface area contributed by atoms with Crippen LogP contribution in [0.2, 0.25) is 0 Å². The van der Waals surface area contributed by atoms with Gasteiger partial charge in [-0.2, -0.15) is 0 Å². The molecule has 0 radical (unpaired) electrons. The van der Waals surface area contributed by atoms with Crippen molar-refractivity contribution in [1.82, 2.24) is 0 Å². The molecule has 4 nitrogen and oxygen atoms in total. The molecule has 0 aliphatic heterocycles. The summed E-state index contributed by atoms with van der Waals surface area (Å²) in [6.45, 7) is 7.65. The number of rotatable bonds is 8. The lowest BCUT2D eigenvalue weighted by Crippen LogP contribution is -2.18. The molecule has 0 spiro atoms. The Bertz CT molecular complexity index is 1340. The molecule has 162 valence electrons. The molecule has 33 heavy (non-hydrogen) atoms. The maximum atomic E-state index is 7.84. The highest BCUT2D eigenvalue weighted by molar-refractivity contribution is 6.03. The Hall–Kier alpha value is -4.44. The van der Waals surface area contributed by atoms with Gasteiger partial charge in [0.05, 0.1) is 11.9 Å². The number of anilines is 3. The molecule has 4 heteroatoms. The lowest BCUT2D eigenvalue weighted by molar-refractivity contribution is 1.15. The monoisotopic (exact) mass is 430 g/mol. The van der Waals surface area contributed by atoms with Crippen LogP contribution in [0.5, 0.6) is 0 Å². The number of nitrogens with one attached hydrogen (secondary N) is 2. The van der Waals surface area contributed by atoms with Crippen molar-refractivity contribution in [2.75, 3.05) is 17.3 Å². The average Bonchev–Trinajstić information content (AvgIpc) is 2.87. The molecule has 0 aliphatic rings. The van der Waals surface area contributed by atoms with Crippen molar-refractivity contribution in [2.24, 2.45) is 4.99 Å². The van der Waals surface area contributed by atoms with Crippen LogP contribution in [-0.4, -0.2) is 20.0 Å². The molecular weight excluding hydrogens is 404 g/mol. The van der Waals surface area contributed by atoms with Crippen LogP contribution in [0.25, 0.3) is 28.0 Å². The SMILES string of the molecule is C=Cc1c(Nc2ccccc2)ccc2cc(N(C)/C(C=N)=C/N=C)c(-c3ccccc3)cc12. The largest absolute Gasteiger partial charge is 0.355 e. The van der Waals surface area contributed by atoms with Crippen LogP contribution >= 0.6 is 0 Å². The minimum Gasteiger partial charge on any atom is -0.355 e. The van der Waals surface area contributed by atoms with Crippen LogP contribution in [0.15, 0.2) is 108 Å². The number of hydrogen-bond acceptors (Lipinski definition) is 4. The van der Waals surface area contributed by atoms with E-state index in [9.17, 15) is 0 Å². The Morgan fingerprint density at radius 2 is 1.67 bits per heavy atom. The number of hydrogen-bond donors (Lipinski definition) is 2. The molecule has 0 atom stereocenters. The lowest BCUT2D eigenvalue weighted by Gasteiger charge is -2.24. The minimum atomic E-state index is 0.646. The van der Waals surface area contributed by atoms with Crippen LogP contribution < -0.4 is 10.2 Å². The first-order valence-electron chi connectivity index (χ1n) is 10.7. The van der Waals surface area contributed by atoms with Gasteiger partial charge in [-0.15, -0.1) is 0 Å². The molecule has 0 saturated heterocycles. The van der Waals surface area contributed by atoms with Gasteiger partial charge in [0.15, 0.2) is 0 Å². The van der Waals surface area contributed by atoms with E-state index in [0.717, 1.165) is 44.5 Å². The van der Waals surface area contributed by atoms with Crippen molar-refractivity contribution in [3.8, 4) is 11.1 Å². The van der Waals surface area contributed by atoms with Crippen molar-refractivity contribution < 1.29 is 0 Å². The van der Waals surface area contributed by atoms with Gasteiger partial charge in [-0.1, -0.05) is 67.3 Å². The minimum absolute atomic E-state index is 0.646. The van der Waals surface area contributed by atoms with E-state index in [0.29, 0.717) is 5.70 Å². The highest BCUT2D eigenvalue weighted by atomic mass is 15.1. The standard InChI is InChI=1S/C29H26N4/c1-4-25-26-18-27(21-11-7-5-8-12-21)29(33(3)24(19-30)20-31-2)17-22(26)15-16-28(25)32-23-13-9-6-10-14-23/h4-20,30,32H,1-2H2,3H3/b24-20+,30-19?. The Balaban J connectivity index is 1.95. The normalized spacial score (nSPS) is 11.1. The predicted octanol–water partition coefficient (Wildman–Crippen LogP) is 7.52. The average molecular weight is 431 g/mol. The smallest absolute Gasteiger partial charge is 0.0772 e. The van der Waals surface area contributed by atoms with Crippen molar-refractivity contribution in [3.05, 3.63) is 109 Å². The number of aliphatic imine (C=N–C) groups is 1. The molecule has 0 amide bonds. The zero-order valence-corrected chi connectivity index (χ0v) is 18.6. The summed E-state index contributed by atoms with van der Waals surface area (Å²) in [6, 6.07) is 28.9. The van der Waals surface area contributed by atoms with Gasteiger partial charge < -0.3 is 15.6 Å². The first-order valence-corrected chi connectivity index (χ1v) is 10.7. The first kappa shape index (κ1) is 21.8. The van der Waals surface area contributed by atoms with Crippen molar-refractivity contribution in [1.29, 1.82) is 5.41 Å². The first-order chi connectivity index (χ1) is 16.2. The van der Waals surface area contributed by atoms with E-state index >= 15 is 0 Å². The molecule has 0 heterocycles. The summed E-state index contributed by atoms with van der Waals surface area (Å²) in [4.78, 5) is 5.84.